The summed E-state index contributed by atoms with van der Waals surface area (Å²) in [5.74, 6) is -0.223. The first-order chi connectivity index (χ1) is 9.50. The number of carbonyl (C=O) groups is 1. The minimum Gasteiger partial charge on any atom is -0.337 e. The Bertz CT molecular complexity index is 646. The van der Waals surface area contributed by atoms with Crippen LogP contribution in [0.2, 0.25) is 15.1 Å². The van der Waals surface area contributed by atoms with Crippen LogP contribution in [0.25, 0.3) is 0 Å². The molecule has 0 fully saturated rings. The van der Waals surface area contributed by atoms with Crippen molar-refractivity contribution in [2.45, 2.75) is 6.54 Å². The summed E-state index contributed by atoms with van der Waals surface area (Å²) in [6, 6.07) is 6.89. The van der Waals surface area contributed by atoms with Gasteiger partial charge in [0.25, 0.3) is 5.91 Å². The summed E-state index contributed by atoms with van der Waals surface area (Å²) in [5, 5.41) is 1.28. The molecular weight excluding hydrogens is 319 g/mol. The molecule has 0 atom stereocenters. The van der Waals surface area contributed by atoms with E-state index in [9.17, 15) is 4.79 Å². The third-order valence-corrected chi connectivity index (χ3v) is 3.97. The van der Waals surface area contributed by atoms with E-state index in [1.54, 1.807) is 25.2 Å². The van der Waals surface area contributed by atoms with Gasteiger partial charge in [-0.25, -0.2) is 0 Å². The zero-order valence-corrected chi connectivity index (χ0v) is 12.9. The van der Waals surface area contributed by atoms with Crippen molar-refractivity contribution in [2.24, 2.45) is 0 Å². The molecule has 0 saturated carbocycles. The zero-order valence-electron chi connectivity index (χ0n) is 10.6. The molecule has 20 heavy (non-hydrogen) atoms. The Labute approximate surface area is 132 Å². The van der Waals surface area contributed by atoms with Crippen molar-refractivity contribution < 1.29 is 4.79 Å². The quantitative estimate of drug-likeness (QED) is 0.840. The predicted octanol–water partition coefficient (Wildman–Crippen LogP) is 4.31. The maximum atomic E-state index is 12.3. The Morgan fingerprint density at radius 1 is 1.20 bits per heavy atom. The van der Waals surface area contributed by atoms with Crippen LogP contribution < -0.4 is 0 Å². The van der Waals surface area contributed by atoms with E-state index in [1.807, 2.05) is 6.07 Å². The summed E-state index contributed by atoms with van der Waals surface area (Å²) in [4.78, 5) is 17.7. The molecule has 2 aromatic rings. The molecule has 1 amide bonds. The van der Waals surface area contributed by atoms with Crippen molar-refractivity contribution in [3.05, 3.63) is 62.9 Å². The first-order valence-corrected chi connectivity index (χ1v) is 6.92. The molecule has 0 aliphatic heterocycles. The van der Waals surface area contributed by atoms with Gasteiger partial charge in [0.05, 0.1) is 20.6 Å². The van der Waals surface area contributed by atoms with Gasteiger partial charge in [-0.05, 0) is 17.7 Å². The number of aromatic nitrogens is 1. The molecule has 0 radical (unpaired) electrons. The maximum Gasteiger partial charge on any atom is 0.256 e. The van der Waals surface area contributed by atoms with Crippen LogP contribution in [0.4, 0.5) is 0 Å². The second-order valence-electron chi connectivity index (χ2n) is 4.23. The van der Waals surface area contributed by atoms with E-state index in [4.69, 9.17) is 34.8 Å². The van der Waals surface area contributed by atoms with Gasteiger partial charge < -0.3 is 4.90 Å². The minimum atomic E-state index is -0.223. The van der Waals surface area contributed by atoms with Crippen molar-refractivity contribution in [1.29, 1.82) is 0 Å². The number of hydrogen-bond donors (Lipinski definition) is 0. The van der Waals surface area contributed by atoms with Gasteiger partial charge in [0.1, 0.15) is 0 Å². The number of amides is 1. The molecule has 3 nitrogen and oxygen atoms in total. The lowest BCUT2D eigenvalue weighted by Gasteiger charge is -2.18. The molecule has 1 heterocycles. The van der Waals surface area contributed by atoms with E-state index >= 15 is 0 Å². The highest BCUT2D eigenvalue weighted by Crippen LogP contribution is 2.26. The highest BCUT2D eigenvalue weighted by molar-refractivity contribution is 6.42. The van der Waals surface area contributed by atoms with Crippen molar-refractivity contribution >= 4 is 40.7 Å². The molecular formula is C14H11Cl3N2O. The summed E-state index contributed by atoms with van der Waals surface area (Å²) in [5.41, 5.74) is 1.13. The second kappa shape index (κ2) is 6.44. The number of rotatable bonds is 3. The summed E-state index contributed by atoms with van der Waals surface area (Å²) < 4.78 is 0. The highest BCUT2D eigenvalue weighted by atomic mass is 35.5. The summed E-state index contributed by atoms with van der Waals surface area (Å²) >= 11 is 18.1. The molecule has 1 aromatic carbocycles. The van der Waals surface area contributed by atoms with Crippen LogP contribution in [0.1, 0.15) is 15.9 Å². The predicted molar refractivity (Wildman–Crippen MR) is 81.5 cm³/mol. The van der Waals surface area contributed by atoms with Gasteiger partial charge >= 0.3 is 0 Å². The van der Waals surface area contributed by atoms with Crippen molar-refractivity contribution in [2.75, 3.05) is 7.05 Å². The van der Waals surface area contributed by atoms with Crippen LogP contribution in [-0.2, 0) is 6.54 Å². The fourth-order valence-corrected chi connectivity index (χ4v) is 2.30. The average molecular weight is 330 g/mol. The molecule has 2 rings (SSSR count). The van der Waals surface area contributed by atoms with Gasteiger partial charge in [0, 0.05) is 26.0 Å². The van der Waals surface area contributed by atoms with E-state index < -0.39 is 0 Å². The van der Waals surface area contributed by atoms with E-state index in [1.165, 1.54) is 17.3 Å². The average Bonchev–Trinajstić information content (AvgIpc) is 2.43. The zero-order chi connectivity index (χ0) is 14.7. The van der Waals surface area contributed by atoms with Crippen LogP contribution in [0, 0.1) is 0 Å². The van der Waals surface area contributed by atoms with Crippen LogP contribution in [0.15, 0.2) is 36.7 Å². The maximum absolute atomic E-state index is 12.3. The van der Waals surface area contributed by atoms with Crippen molar-refractivity contribution in [3.8, 4) is 0 Å². The van der Waals surface area contributed by atoms with Gasteiger partial charge in [-0.15, -0.1) is 0 Å². The lowest BCUT2D eigenvalue weighted by Crippen LogP contribution is -2.26. The van der Waals surface area contributed by atoms with Crippen molar-refractivity contribution in [1.82, 2.24) is 9.88 Å². The summed E-state index contributed by atoms with van der Waals surface area (Å²) in [7, 11) is 1.67. The van der Waals surface area contributed by atoms with Gasteiger partial charge in [-0.2, -0.15) is 0 Å². The molecule has 0 N–H and O–H groups in total. The topological polar surface area (TPSA) is 33.2 Å². The summed E-state index contributed by atoms with van der Waals surface area (Å²) in [6.07, 6.45) is 2.98. The van der Waals surface area contributed by atoms with Gasteiger partial charge in [0.15, 0.2) is 0 Å². The smallest absolute Gasteiger partial charge is 0.256 e. The SMILES string of the molecule is CN(Cc1cccc(Cl)c1Cl)C(=O)c1cnccc1Cl. The third kappa shape index (κ3) is 3.23. The number of carbonyl (C=O) groups excluding carboxylic acids is 1. The molecule has 0 aliphatic rings. The summed E-state index contributed by atoms with van der Waals surface area (Å²) in [6.45, 7) is 0.337. The molecule has 0 saturated heterocycles. The van der Waals surface area contributed by atoms with E-state index in [0.717, 1.165) is 5.56 Å². The highest BCUT2D eigenvalue weighted by Gasteiger charge is 2.16. The number of benzene rings is 1. The van der Waals surface area contributed by atoms with Gasteiger partial charge in [-0.3, -0.25) is 9.78 Å². The fourth-order valence-electron chi connectivity index (χ4n) is 1.74. The second-order valence-corrected chi connectivity index (χ2v) is 5.42. The van der Waals surface area contributed by atoms with E-state index in [-0.39, 0.29) is 5.91 Å². The number of nitrogens with zero attached hydrogens (tertiary/aromatic N) is 2. The number of halogens is 3. The van der Waals surface area contributed by atoms with E-state index in [2.05, 4.69) is 4.98 Å². The first kappa shape index (κ1) is 15.1. The van der Waals surface area contributed by atoms with Crippen LogP contribution >= 0.6 is 34.8 Å². The molecule has 0 aliphatic carbocycles. The van der Waals surface area contributed by atoms with Crippen LogP contribution in [0.3, 0.4) is 0 Å². The Morgan fingerprint density at radius 2 is 1.95 bits per heavy atom. The molecule has 0 unspecified atom stereocenters. The van der Waals surface area contributed by atoms with E-state index in [0.29, 0.717) is 27.2 Å². The Morgan fingerprint density at radius 3 is 2.65 bits per heavy atom. The fraction of sp³-hybridized carbons (Fsp3) is 0.143. The lowest BCUT2D eigenvalue weighted by molar-refractivity contribution is 0.0785. The molecule has 1 aromatic heterocycles. The van der Waals surface area contributed by atoms with Gasteiger partial charge in [0.2, 0.25) is 0 Å². The third-order valence-electron chi connectivity index (χ3n) is 2.78. The number of hydrogen-bond acceptors (Lipinski definition) is 2. The van der Waals surface area contributed by atoms with Crippen LogP contribution in [-0.4, -0.2) is 22.8 Å². The Kier molecular flexibility index (Phi) is 4.86. The first-order valence-electron chi connectivity index (χ1n) is 5.78. The molecule has 6 heteroatoms. The van der Waals surface area contributed by atoms with Gasteiger partial charge in [-0.1, -0.05) is 46.9 Å². The normalized spacial score (nSPS) is 10.4. The Balaban J connectivity index is 2.20. The largest absolute Gasteiger partial charge is 0.337 e. The molecule has 0 spiro atoms. The number of pyridine rings is 1. The lowest BCUT2D eigenvalue weighted by atomic mass is 10.2. The standard InChI is InChI=1S/C14H11Cl3N2O/c1-19(8-9-3-2-4-12(16)13(9)17)14(20)10-7-18-6-5-11(10)15/h2-7H,8H2,1H3. The monoisotopic (exact) mass is 328 g/mol. The Hall–Kier alpha value is -1.29. The minimum absolute atomic E-state index is 0.223. The van der Waals surface area contributed by atoms with Crippen molar-refractivity contribution in [3.63, 3.8) is 0 Å². The molecule has 104 valence electrons. The molecule has 0 bridgehead atoms. The van der Waals surface area contributed by atoms with Crippen LogP contribution in [0.5, 0.6) is 0 Å².